The van der Waals surface area contributed by atoms with Crippen LogP contribution in [0.4, 0.5) is 0 Å². The molecule has 106 valence electrons. The molecule has 6 nitrogen and oxygen atoms in total. The van der Waals surface area contributed by atoms with Crippen LogP contribution in [-0.2, 0) is 4.65 Å². The van der Waals surface area contributed by atoms with Gasteiger partial charge in [-0.05, 0) is 24.3 Å². The number of aromatic hydroxyl groups is 1. The van der Waals surface area contributed by atoms with Gasteiger partial charge in [-0.15, -0.1) is 0 Å². The van der Waals surface area contributed by atoms with E-state index in [0.717, 1.165) is 0 Å². The summed E-state index contributed by atoms with van der Waals surface area (Å²) >= 11 is 0. The van der Waals surface area contributed by atoms with E-state index in [-0.39, 0.29) is 22.6 Å². The molecule has 2 aromatic carbocycles. The number of carboxylic acid groups (broad SMARTS) is 1. The number of benzene rings is 2. The average Bonchev–Trinajstić information content (AvgIpc) is 2.48. The number of carboxylic acids is 1. The van der Waals surface area contributed by atoms with Crippen LogP contribution in [0.15, 0.2) is 48.5 Å². The minimum atomic E-state index is -1.14. The minimum absolute atomic E-state index is 0.00706. The third-order valence-electron chi connectivity index (χ3n) is 2.65. The number of para-hydroxylation sites is 2. The normalized spacial score (nSPS) is 9.71. The first-order valence-corrected chi connectivity index (χ1v) is 6.00. The van der Waals surface area contributed by atoms with Gasteiger partial charge in [-0.2, -0.15) is 0 Å². The number of rotatable bonds is 5. The zero-order valence-electron chi connectivity index (χ0n) is 10.9. The van der Waals surface area contributed by atoms with Gasteiger partial charge >= 0.3 is 19.6 Å². The maximum absolute atomic E-state index is 11.7. The highest BCUT2D eigenvalue weighted by molar-refractivity contribution is 6.25. The van der Waals surface area contributed by atoms with Crippen molar-refractivity contribution in [2.45, 2.75) is 0 Å². The van der Waals surface area contributed by atoms with Crippen LogP contribution in [0, 0.1) is 0 Å². The molecular weight excluding hydrogens is 275 g/mol. The summed E-state index contributed by atoms with van der Waals surface area (Å²) in [5, 5.41) is 18.5. The van der Waals surface area contributed by atoms with Crippen LogP contribution in [0.2, 0.25) is 0 Å². The van der Waals surface area contributed by atoms with Crippen LogP contribution < -0.4 is 4.65 Å². The van der Waals surface area contributed by atoms with Gasteiger partial charge in [0.05, 0.1) is 11.1 Å². The molecule has 0 radical (unpaired) electrons. The summed E-state index contributed by atoms with van der Waals surface area (Å²) in [7, 11) is -0.461. The molecule has 0 heterocycles. The molecule has 0 spiro atoms. The first-order chi connectivity index (χ1) is 10.1. The highest BCUT2D eigenvalue weighted by atomic mass is 16.6. The molecule has 21 heavy (non-hydrogen) atoms. The second-order valence-corrected chi connectivity index (χ2v) is 4.01. The first-order valence-electron chi connectivity index (χ1n) is 6.00. The minimum Gasteiger partial charge on any atom is -0.528 e. The fourth-order valence-corrected chi connectivity index (χ4v) is 1.64. The van der Waals surface area contributed by atoms with E-state index in [1.54, 1.807) is 24.3 Å². The lowest BCUT2D eigenvalue weighted by Gasteiger charge is -2.09. The van der Waals surface area contributed by atoms with Crippen LogP contribution >= 0.6 is 0 Å². The topological polar surface area (TPSA) is 93.1 Å². The second-order valence-electron chi connectivity index (χ2n) is 4.01. The number of phenols is 1. The Labute approximate surface area is 120 Å². The van der Waals surface area contributed by atoms with Gasteiger partial charge in [0, 0.05) is 0 Å². The van der Waals surface area contributed by atoms with E-state index in [2.05, 4.69) is 0 Å². The highest BCUT2D eigenvalue weighted by Crippen LogP contribution is 2.18. The Hall–Kier alpha value is -2.96. The van der Waals surface area contributed by atoms with Gasteiger partial charge in [-0.25, -0.2) is 9.59 Å². The molecule has 0 unspecified atom stereocenters. The number of hydrogen-bond acceptors (Lipinski definition) is 5. The predicted octanol–water partition coefficient (Wildman–Crippen LogP) is 1.59. The molecule has 2 aromatic rings. The Morgan fingerprint density at radius 2 is 1.57 bits per heavy atom. The number of carbonyl (C=O) groups excluding carboxylic acids is 1. The first kappa shape index (κ1) is 14.5. The van der Waals surface area contributed by atoms with Crippen LogP contribution in [0.1, 0.15) is 20.7 Å². The second kappa shape index (κ2) is 6.47. The summed E-state index contributed by atoms with van der Waals surface area (Å²) in [5.41, 5.74) is -0.0243. The van der Waals surface area contributed by atoms with Gasteiger partial charge in [0.1, 0.15) is 11.5 Å². The van der Waals surface area contributed by atoms with Crippen LogP contribution in [-0.4, -0.2) is 29.8 Å². The third kappa shape index (κ3) is 3.53. The van der Waals surface area contributed by atoms with Crippen molar-refractivity contribution in [3.63, 3.8) is 0 Å². The number of aromatic carboxylic acids is 1. The molecule has 0 aliphatic carbocycles. The molecule has 0 saturated carbocycles. The molecule has 2 rings (SSSR count). The highest BCUT2D eigenvalue weighted by Gasteiger charge is 2.15. The maximum Gasteiger partial charge on any atom is 0.578 e. The lowest BCUT2D eigenvalue weighted by Crippen LogP contribution is -2.15. The van der Waals surface area contributed by atoms with Crippen molar-refractivity contribution in [3.05, 3.63) is 59.7 Å². The fourth-order valence-electron chi connectivity index (χ4n) is 1.64. The molecule has 0 saturated heterocycles. The standard InChI is InChI=1S/C14H11BO6/c16-11-7-3-1-5-9(11)14(19)21-15-20-12-8-4-2-6-10(12)13(17)18/h1-8,15-16H,(H,17,18). The Bertz CT molecular complexity index is 670. The third-order valence-corrected chi connectivity index (χ3v) is 2.65. The number of hydrogen-bond donors (Lipinski definition) is 2. The molecule has 0 amide bonds. The lowest BCUT2D eigenvalue weighted by molar-refractivity contribution is 0.0695. The van der Waals surface area contributed by atoms with Gasteiger partial charge in [0.25, 0.3) is 0 Å². The maximum atomic E-state index is 11.7. The largest absolute Gasteiger partial charge is 0.578 e. The molecule has 0 atom stereocenters. The van der Waals surface area contributed by atoms with Crippen molar-refractivity contribution in [2.75, 3.05) is 0 Å². The SMILES string of the molecule is O=C(OBOc1ccccc1C(=O)O)c1ccccc1O. The van der Waals surface area contributed by atoms with Crippen LogP contribution in [0.25, 0.3) is 0 Å². The Kier molecular flexibility index (Phi) is 4.45. The van der Waals surface area contributed by atoms with Gasteiger partial charge in [0.15, 0.2) is 0 Å². The zero-order valence-corrected chi connectivity index (χ0v) is 10.9. The summed E-state index contributed by atoms with van der Waals surface area (Å²) in [4.78, 5) is 22.7. The summed E-state index contributed by atoms with van der Waals surface area (Å²) in [6.45, 7) is 0. The number of phenolic OH excluding ortho intramolecular Hbond substituents is 1. The van der Waals surface area contributed by atoms with E-state index < -0.39 is 19.6 Å². The molecular formula is C14H11BO6. The Balaban J connectivity index is 1.98. The van der Waals surface area contributed by atoms with Gasteiger partial charge in [-0.1, -0.05) is 24.3 Å². The Morgan fingerprint density at radius 1 is 0.952 bits per heavy atom. The van der Waals surface area contributed by atoms with Crippen molar-refractivity contribution in [2.24, 2.45) is 0 Å². The van der Waals surface area contributed by atoms with Crippen molar-refractivity contribution >= 4 is 19.6 Å². The van der Waals surface area contributed by atoms with Gasteiger partial charge in [0.2, 0.25) is 0 Å². The van der Waals surface area contributed by atoms with E-state index in [1.807, 2.05) is 0 Å². The molecule has 7 heteroatoms. The van der Waals surface area contributed by atoms with Gasteiger partial charge < -0.3 is 19.5 Å². The monoisotopic (exact) mass is 286 g/mol. The number of carbonyl (C=O) groups is 2. The van der Waals surface area contributed by atoms with Crippen LogP contribution in [0.3, 0.4) is 0 Å². The van der Waals surface area contributed by atoms with E-state index >= 15 is 0 Å². The Morgan fingerprint density at radius 3 is 2.24 bits per heavy atom. The summed E-state index contributed by atoms with van der Waals surface area (Å²) in [6.07, 6.45) is 0. The average molecular weight is 286 g/mol. The molecule has 0 aromatic heterocycles. The summed E-state index contributed by atoms with van der Waals surface area (Å²) < 4.78 is 9.96. The molecule has 0 aliphatic rings. The van der Waals surface area contributed by atoms with Crippen molar-refractivity contribution in [1.82, 2.24) is 0 Å². The summed E-state index contributed by atoms with van der Waals surface area (Å²) in [5.74, 6) is -2.01. The van der Waals surface area contributed by atoms with Crippen molar-refractivity contribution in [3.8, 4) is 11.5 Å². The van der Waals surface area contributed by atoms with Crippen molar-refractivity contribution in [1.29, 1.82) is 0 Å². The van der Waals surface area contributed by atoms with Gasteiger partial charge in [-0.3, -0.25) is 0 Å². The predicted molar refractivity (Wildman–Crippen MR) is 74.7 cm³/mol. The molecule has 0 fully saturated rings. The van der Waals surface area contributed by atoms with Crippen LogP contribution in [0.5, 0.6) is 11.5 Å². The lowest BCUT2D eigenvalue weighted by atomic mass is 10.2. The molecule has 0 bridgehead atoms. The van der Waals surface area contributed by atoms with Crippen molar-refractivity contribution < 1.29 is 29.1 Å². The van der Waals surface area contributed by atoms with E-state index in [9.17, 15) is 14.7 Å². The fraction of sp³-hybridized carbons (Fsp3) is 0. The molecule has 0 aliphatic heterocycles. The van der Waals surface area contributed by atoms with E-state index in [0.29, 0.717) is 0 Å². The van der Waals surface area contributed by atoms with E-state index in [4.69, 9.17) is 14.4 Å². The van der Waals surface area contributed by atoms with E-state index in [1.165, 1.54) is 24.3 Å². The zero-order chi connectivity index (χ0) is 15.2. The summed E-state index contributed by atoms with van der Waals surface area (Å²) in [6, 6.07) is 11.9. The smallest absolute Gasteiger partial charge is 0.528 e. The molecule has 2 N–H and O–H groups in total. The quantitative estimate of drug-likeness (QED) is 0.811.